The molecule has 0 saturated carbocycles. The number of nitrogens with one attached hydrogen (secondary N) is 1. The van der Waals surface area contributed by atoms with Gasteiger partial charge in [-0.05, 0) is 19.4 Å². The van der Waals surface area contributed by atoms with Gasteiger partial charge in [0.1, 0.15) is 5.76 Å². The second-order valence-electron chi connectivity index (χ2n) is 4.01. The van der Waals surface area contributed by atoms with Crippen LogP contribution < -0.4 is 5.32 Å². The molecule has 2 heterocycles. The number of aromatic nitrogens is 1. The van der Waals surface area contributed by atoms with E-state index in [0.29, 0.717) is 5.92 Å². The Morgan fingerprint density at radius 3 is 3.27 bits per heavy atom. The van der Waals surface area contributed by atoms with E-state index in [0.717, 1.165) is 50.7 Å². The Balaban J connectivity index is 1.83. The van der Waals surface area contributed by atoms with Crippen LogP contribution in [0.15, 0.2) is 10.6 Å². The van der Waals surface area contributed by atoms with Crippen LogP contribution in [0, 0.1) is 5.92 Å². The third kappa shape index (κ3) is 3.04. The van der Waals surface area contributed by atoms with Crippen LogP contribution in [-0.4, -0.2) is 31.8 Å². The summed E-state index contributed by atoms with van der Waals surface area (Å²) in [5.74, 6) is 2.43. The molecule has 15 heavy (non-hydrogen) atoms. The van der Waals surface area contributed by atoms with Crippen molar-refractivity contribution in [2.24, 2.45) is 5.92 Å². The zero-order valence-electron chi connectivity index (χ0n) is 9.16. The third-order valence-electron chi connectivity index (χ3n) is 2.71. The number of rotatable bonds is 5. The van der Waals surface area contributed by atoms with E-state index in [1.54, 1.807) is 0 Å². The fourth-order valence-corrected chi connectivity index (χ4v) is 1.80. The summed E-state index contributed by atoms with van der Waals surface area (Å²) in [6.45, 7) is 2.67. The maximum atomic E-state index is 5.64. The largest absolute Gasteiger partial charge is 0.446 e. The first-order valence-corrected chi connectivity index (χ1v) is 5.54. The molecule has 1 unspecified atom stereocenters. The predicted octanol–water partition coefficient (Wildman–Crippen LogP) is 1.02. The molecule has 2 rings (SSSR count). The lowest BCUT2D eigenvalue weighted by Gasteiger charge is -2.02. The van der Waals surface area contributed by atoms with Gasteiger partial charge in [0.15, 0.2) is 5.89 Å². The van der Waals surface area contributed by atoms with Crippen molar-refractivity contribution in [2.45, 2.75) is 19.3 Å². The summed E-state index contributed by atoms with van der Waals surface area (Å²) in [4.78, 5) is 4.28. The molecule has 0 aliphatic carbocycles. The summed E-state index contributed by atoms with van der Waals surface area (Å²) in [6, 6.07) is 0. The zero-order valence-corrected chi connectivity index (χ0v) is 9.16. The Hall–Kier alpha value is -0.870. The van der Waals surface area contributed by atoms with Crippen LogP contribution >= 0.6 is 0 Å². The molecular weight excluding hydrogens is 192 g/mol. The highest BCUT2D eigenvalue weighted by molar-refractivity contribution is 4.96. The molecule has 1 aromatic rings. The van der Waals surface area contributed by atoms with Gasteiger partial charge in [0.25, 0.3) is 0 Å². The van der Waals surface area contributed by atoms with Crippen LogP contribution in [0.1, 0.15) is 18.1 Å². The van der Waals surface area contributed by atoms with Crippen molar-refractivity contribution in [2.75, 3.05) is 26.8 Å². The van der Waals surface area contributed by atoms with E-state index >= 15 is 0 Å². The molecule has 84 valence electrons. The Kier molecular flexibility index (Phi) is 3.75. The minimum atomic E-state index is 0.598. The number of nitrogens with zero attached hydrogens (tertiary/aromatic N) is 1. The summed E-state index contributed by atoms with van der Waals surface area (Å²) in [5.41, 5.74) is 0. The average Bonchev–Trinajstić information content (AvgIpc) is 2.87. The topological polar surface area (TPSA) is 47.3 Å². The van der Waals surface area contributed by atoms with Gasteiger partial charge >= 0.3 is 0 Å². The summed E-state index contributed by atoms with van der Waals surface area (Å²) < 4.78 is 11.0. The molecule has 0 aromatic carbocycles. The number of hydrogen-bond donors (Lipinski definition) is 1. The number of oxazole rings is 1. The number of hydrogen-bond acceptors (Lipinski definition) is 4. The van der Waals surface area contributed by atoms with Crippen LogP contribution in [0.3, 0.4) is 0 Å². The molecule has 1 atom stereocenters. The van der Waals surface area contributed by atoms with Crippen LogP contribution in [0.4, 0.5) is 0 Å². The standard InChI is InChI=1S/C11H18N2O2/c1-12-4-2-10-7-13-11(15-10)6-9-3-5-14-8-9/h7,9,12H,2-6,8H2,1H3. The molecule has 4 nitrogen and oxygen atoms in total. The summed E-state index contributed by atoms with van der Waals surface area (Å²) >= 11 is 0. The monoisotopic (exact) mass is 210 g/mol. The first-order valence-electron chi connectivity index (χ1n) is 5.54. The Morgan fingerprint density at radius 2 is 2.53 bits per heavy atom. The van der Waals surface area contributed by atoms with Gasteiger partial charge in [-0.25, -0.2) is 4.98 Å². The molecule has 4 heteroatoms. The molecule has 0 radical (unpaired) electrons. The van der Waals surface area contributed by atoms with Gasteiger partial charge in [-0.3, -0.25) is 0 Å². The van der Waals surface area contributed by atoms with Crippen LogP contribution in [0.25, 0.3) is 0 Å². The van der Waals surface area contributed by atoms with Crippen molar-refractivity contribution in [3.63, 3.8) is 0 Å². The second-order valence-corrected chi connectivity index (χ2v) is 4.01. The molecule has 1 N–H and O–H groups in total. The molecule has 1 saturated heterocycles. The van der Waals surface area contributed by atoms with Crippen LogP contribution in [-0.2, 0) is 17.6 Å². The smallest absolute Gasteiger partial charge is 0.194 e. The molecule has 1 aliphatic rings. The van der Waals surface area contributed by atoms with Crippen molar-refractivity contribution in [1.29, 1.82) is 0 Å². The van der Waals surface area contributed by atoms with Gasteiger partial charge in [-0.2, -0.15) is 0 Å². The number of ether oxygens (including phenoxy) is 1. The summed E-state index contributed by atoms with van der Waals surface area (Å²) in [6.07, 6.45) is 4.79. The lowest BCUT2D eigenvalue weighted by molar-refractivity contribution is 0.184. The zero-order chi connectivity index (χ0) is 10.5. The van der Waals surface area contributed by atoms with Crippen molar-refractivity contribution in [1.82, 2.24) is 10.3 Å². The van der Waals surface area contributed by atoms with Crippen molar-refractivity contribution in [3.8, 4) is 0 Å². The Bertz CT molecular complexity index is 293. The molecule has 1 fully saturated rings. The van der Waals surface area contributed by atoms with Crippen molar-refractivity contribution < 1.29 is 9.15 Å². The minimum absolute atomic E-state index is 0.598. The van der Waals surface area contributed by atoms with Crippen molar-refractivity contribution >= 4 is 0 Å². The van der Waals surface area contributed by atoms with E-state index in [4.69, 9.17) is 9.15 Å². The Labute approximate surface area is 90.0 Å². The van der Waals surface area contributed by atoms with E-state index in [-0.39, 0.29) is 0 Å². The summed E-state index contributed by atoms with van der Waals surface area (Å²) in [5, 5.41) is 3.09. The van der Waals surface area contributed by atoms with Gasteiger partial charge in [0, 0.05) is 32.6 Å². The first kappa shape index (κ1) is 10.6. The van der Waals surface area contributed by atoms with E-state index in [1.807, 2.05) is 13.2 Å². The molecule has 1 aliphatic heterocycles. The highest BCUT2D eigenvalue weighted by Gasteiger charge is 2.18. The molecule has 0 amide bonds. The fourth-order valence-electron chi connectivity index (χ4n) is 1.80. The van der Waals surface area contributed by atoms with Gasteiger partial charge in [-0.1, -0.05) is 0 Å². The van der Waals surface area contributed by atoms with E-state index in [2.05, 4.69) is 10.3 Å². The second kappa shape index (κ2) is 5.28. The van der Waals surface area contributed by atoms with Gasteiger partial charge in [0.05, 0.1) is 6.20 Å². The SMILES string of the molecule is CNCCc1cnc(CC2CCOC2)o1. The van der Waals surface area contributed by atoms with Gasteiger partial charge < -0.3 is 14.5 Å². The average molecular weight is 210 g/mol. The van der Waals surface area contributed by atoms with E-state index in [1.165, 1.54) is 0 Å². The quantitative estimate of drug-likeness (QED) is 0.788. The highest BCUT2D eigenvalue weighted by atomic mass is 16.5. The molecular formula is C11H18N2O2. The van der Waals surface area contributed by atoms with Crippen molar-refractivity contribution in [3.05, 3.63) is 17.8 Å². The third-order valence-corrected chi connectivity index (χ3v) is 2.71. The minimum Gasteiger partial charge on any atom is -0.446 e. The fraction of sp³-hybridized carbons (Fsp3) is 0.727. The van der Waals surface area contributed by atoms with Gasteiger partial charge in [-0.15, -0.1) is 0 Å². The molecule has 1 aromatic heterocycles. The lowest BCUT2D eigenvalue weighted by atomic mass is 10.1. The maximum absolute atomic E-state index is 5.64. The van der Waals surface area contributed by atoms with Gasteiger partial charge in [0.2, 0.25) is 0 Å². The lowest BCUT2D eigenvalue weighted by Crippen LogP contribution is -2.09. The van der Waals surface area contributed by atoms with E-state index < -0.39 is 0 Å². The molecule has 0 spiro atoms. The maximum Gasteiger partial charge on any atom is 0.194 e. The number of likely N-dealkylation sites (N-methyl/N-ethyl adjacent to an activating group) is 1. The summed E-state index contributed by atoms with van der Waals surface area (Å²) in [7, 11) is 1.94. The molecule has 0 bridgehead atoms. The normalized spacial score (nSPS) is 21.0. The predicted molar refractivity (Wildman–Crippen MR) is 56.8 cm³/mol. The van der Waals surface area contributed by atoms with Crippen LogP contribution in [0.2, 0.25) is 0 Å². The van der Waals surface area contributed by atoms with E-state index in [9.17, 15) is 0 Å². The Morgan fingerprint density at radius 1 is 1.60 bits per heavy atom. The van der Waals surface area contributed by atoms with Crippen LogP contribution in [0.5, 0.6) is 0 Å². The highest BCUT2D eigenvalue weighted by Crippen LogP contribution is 2.18. The first-order chi connectivity index (χ1) is 7.38.